The molecule has 26 heavy (non-hydrogen) atoms. The van der Waals surface area contributed by atoms with Crippen LogP contribution in [0.15, 0.2) is 22.1 Å². The van der Waals surface area contributed by atoms with E-state index in [1.54, 1.807) is 9.47 Å². The van der Waals surface area contributed by atoms with E-state index < -0.39 is 17.2 Å². The summed E-state index contributed by atoms with van der Waals surface area (Å²) >= 11 is 0. The van der Waals surface area contributed by atoms with Crippen LogP contribution in [0.3, 0.4) is 0 Å². The minimum Gasteiger partial charge on any atom is -0.477 e. The molecule has 0 unspecified atom stereocenters. The van der Waals surface area contributed by atoms with E-state index in [0.29, 0.717) is 25.2 Å². The summed E-state index contributed by atoms with van der Waals surface area (Å²) in [4.78, 5) is 33.8. The van der Waals surface area contributed by atoms with Crippen LogP contribution in [0.4, 0.5) is 10.2 Å². The molecule has 0 spiro atoms. The molecule has 9 heteroatoms. The van der Waals surface area contributed by atoms with Crippen LogP contribution in [-0.4, -0.2) is 51.3 Å². The number of hydrogen-bond donors (Lipinski definition) is 2. The zero-order valence-electron chi connectivity index (χ0n) is 13.9. The monoisotopic (exact) mass is 360 g/mol. The Labute approximate surface area is 147 Å². The van der Waals surface area contributed by atoms with Gasteiger partial charge < -0.3 is 19.7 Å². The largest absolute Gasteiger partial charge is 0.477 e. The molecule has 1 saturated carbocycles. The van der Waals surface area contributed by atoms with E-state index in [0.717, 1.165) is 24.6 Å². The highest BCUT2D eigenvalue weighted by molar-refractivity contribution is 5.93. The molecule has 3 heterocycles. The zero-order valence-corrected chi connectivity index (χ0v) is 13.9. The number of carboxylic acid groups (broad SMARTS) is 1. The summed E-state index contributed by atoms with van der Waals surface area (Å²) in [6, 6.07) is 1.15. The number of aromatic nitrogens is 2. The normalized spacial score (nSPS) is 18.8. The van der Waals surface area contributed by atoms with E-state index in [2.05, 4.69) is 9.98 Å². The third-order valence-electron chi connectivity index (χ3n) is 4.75. The Balaban J connectivity index is 1.88. The maximum absolute atomic E-state index is 14.7. The van der Waals surface area contributed by atoms with E-state index >= 15 is 0 Å². The summed E-state index contributed by atoms with van der Waals surface area (Å²) in [6.45, 7) is 0.558. The number of fused-ring (bicyclic) bond motifs is 1. The van der Waals surface area contributed by atoms with Crippen molar-refractivity contribution in [2.24, 2.45) is 4.99 Å². The van der Waals surface area contributed by atoms with Gasteiger partial charge in [-0.05, 0) is 18.9 Å². The molecule has 2 aromatic heterocycles. The summed E-state index contributed by atoms with van der Waals surface area (Å²) in [5, 5.41) is 18.1. The van der Waals surface area contributed by atoms with Crippen LogP contribution in [0, 0.1) is 5.82 Å². The van der Waals surface area contributed by atoms with Gasteiger partial charge in [0, 0.05) is 30.9 Å². The summed E-state index contributed by atoms with van der Waals surface area (Å²) in [5.74, 6) is -1.90. The molecule has 2 aliphatic rings. The Morgan fingerprint density at radius 3 is 2.85 bits per heavy atom. The number of halogens is 1. The lowest BCUT2D eigenvalue weighted by molar-refractivity contribution is 0.0695. The van der Waals surface area contributed by atoms with Crippen molar-refractivity contribution in [2.75, 3.05) is 24.7 Å². The zero-order chi connectivity index (χ0) is 18.4. The number of hydrogen-bond acceptors (Lipinski definition) is 6. The van der Waals surface area contributed by atoms with Crippen LogP contribution in [0.2, 0.25) is 0 Å². The van der Waals surface area contributed by atoms with Gasteiger partial charge in [-0.15, -0.1) is 0 Å². The van der Waals surface area contributed by atoms with Crippen molar-refractivity contribution in [3.63, 3.8) is 0 Å². The Bertz CT molecular complexity index is 996. The number of anilines is 1. The lowest BCUT2D eigenvalue weighted by atomic mass is 10.2. The van der Waals surface area contributed by atoms with Gasteiger partial charge in [-0.3, -0.25) is 9.79 Å². The first kappa shape index (κ1) is 16.6. The smallest absolute Gasteiger partial charge is 0.341 e. The number of carbonyl (C=O) groups is 1. The summed E-state index contributed by atoms with van der Waals surface area (Å²) in [6.07, 6.45) is 3.64. The maximum Gasteiger partial charge on any atom is 0.341 e. The molecule has 0 amide bonds. The lowest BCUT2D eigenvalue weighted by Crippen LogP contribution is -2.24. The molecule has 1 aliphatic carbocycles. The number of rotatable bonds is 4. The summed E-state index contributed by atoms with van der Waals surface area (Å²) in [5.41, 5.74) is -0.0516. The SMILES string of the molecule is O=C(O)c1cn(C2CC2)c2nc(N3CCC(=NCO)C3)c(F)cc2c1=O. The third-order valence-corrected chi connectivity index (χ3v) is 4.75. The van der Waals surface area contributed by atoms with Crippen LogP contribution in [0.1, 0.15) is 35.7 Å². The molecular weight excluding hydrogens is 343 g/mol. The highest BCUT2D eigenvalue weighted by atomic mass is 19.1. The molecule has 136 valence electrons. The van der Waals surface area contributed by atoms with Crippen molar-refractivity contribution in [3.05, 3.63) is 33.9 Å². The molecule has 8 nitrogen and oxygen atoms in total. The van der Waals surface area contributed by atoms with Crippen LogP contribution < -0.4 is 10.3 Å². The average Bonchev–Trinajstić information content (AvgIpc) is 3.34. The maximum atomic E-state index is 14.7. The minimum atomic E-state index is -1.33. The average molecular weight is 360 g/mol. The number of carboxylic acids is 1. The first-order chi connectivity index (χ1) is 12.5. The number of aromatic carboxylic acids is 1. The van der Waals surface area contributed by atoms with Crippen LogP contribution in [-0.2, 0) is 0 Å². The topological polar surface area (TPSA) is 108 Å². The van der Waals surface area contributed by atoms with Gasteiger partial charge in [0.25, 0.3) is 0 Å². The van der Waals surface area contributed by atoms with E-state index in [1.165, 1.54) is 6.20 Å². The second kappa shape index (κ2) is 6.17. The van der Waals surface area contributed by atoms with Crippen molar-refractivity contribution >= 4 is 28.5 Å². The fourth-order valence-electron chi connectivity index (χ4n) is 3.30. The molecule has 4 rings (SSSR count). The first-order valence-electron chi connectivity index (χ1n) is 8.36. The predicted molar refractivity (Wildman–Crippen MR) is 92.5 cm³/mol. The first-order valence-corrected chi connectivity index (χ1v) is 8.36. The van der Waals surface area contributed by atoms with Gasteiger partial charge in [-0.1, -0.05) is 0 Å². The van der Waals surface area contributed by atoms with Crippen molar-refractivity contribution in [3.8, 4) is 0 Å². The van der Waals surface area contributed by atoms with Crippen LogP contribution >= 0.6 is 0 Å². The standard InChI is InChI=1S/C17H17FN4O4/c18-13-5-11-14(24)12(17(25)26)7-22(10-1-2-10)15(11)20-16(13)21-4-3-9(6-21)19-8-23/h5,7,10,23H,1-4,6,8H2,(H,25,26). The van der Waals surface area contributed by atoms with Gasteiger partial charge in [0.1, 0.15) is 17.9 Å². The molecule has 1 aliphatic heterocycles. The van der Waals surface area contributed by atoms with Crippen LogP contribution in [0.25, 0.3) is 11.0 Å². The van der Waals surface area contributed by atoms with Gasteiger partial charge in [-0.2, -0.15) is 0 Å². The Morgan fingerprint density at radius 1 is 1.42 bits per heavy atom. The highest BCUT2D eigenvalue weighted by Crippen LogP contribution is 2.37. The quantitative estimate of drug-likeness (QED) is 0.847. The summed E-state index contributed by atoms with van der Waals surface area (Å²) in [7, 11) is 0. The van der Waals surface area contributed by atoms with Crippen molar-refractivity contribution in [2.45, 2.75) is 25.3 Å². The molecule has 2 N–H and O–H groups in total. The third kappa shape index (κ3) is 2.74. The Hall–Kier alpha value is -2.81. The van der Waals surface area contributed by atoms with Crippen LogP contribution in [0.5, 0.6) is 0 Å². The van der Waals surface area contributed by atoms with Gasteiger partial charge in [-0.25, -0.2) is 14.2 Å². The molecule has 0 atom stereocenters. The van der Waals surface area contributed by atoms with E-state index in [4.69, 9.17) is 5.11 Å². The molecule has 0 aromatic carbocycles. The number of aliphatic hydroxyl groups is 1. The fraction of sp³-hybridized carbons (Fsp3) is 0.412. The number of pyridine rings is 2. The molecule has 2 fully saturated rings. The Kier molecular flexibility index (Phi) is 3.95. The number of nitrogens with zero attached hydrogens (tertiary/aromatic N) is 4. The lowest BCUT2D eigenvalue weighted by Gasteiger charge is -2.19. The second-order valence-corrected chi connectivity index (χ2v) is 6.52. The van der Waals surface area contributed by atoms with E-state index in [1.807, 2.05) is 0 Å². The van der Waals surface area contributed by atoms with Gasteiger partial charge in [0.05, 0.1) is 11.9 Å². The van der Waals surface area contributed by atoms with Gasteiger partial charge >= 0.3 is 5.97 Å². The second-order valence-electron chi connectivity index (χ2n) is 6.52. The minimum absolute atomic E-state index is 0.0264. The van der Waals surface area contributed by atoms with E-state index in [-0.39, 0.29) is 29.5 Å². The van der Waals surface area contributed by atoms with Crippen molar-refractivity contribution < 1.29 is 19.4 Å². The molecule has 0 bridgehead atoms. The molecular formula is C17H17FN4O4. The predicted octanol–water partition coefficient (Wildman–Crippen LogP) is 1.17. The van der Waals surface area contributed by atoms with Gasteiger partial charge in [0.15, 0.2) is 11.6 Å². The molecule has 2 aromatic rings. The van der Waals surface area contributed by atoms with Crippen molar-refractivity contribution in [1.82, 2.24) is 9.55 Å². The number of aliphatic hydroxyl groups excluding tert-OH is 1. The number of aliphatic imine (C=N–C) groups is 1. The van der Waals surface area contributed by atoms with Gasteiger partial charge in [0.2, 0.25) is 5.43 Å². The highest BCUT2D eigenvalue weighted by Gasteiger charge is 2.29. The van der Waals surface area contributed by atoms with E-state index in [9.17, 15) is 19.1 Å². The Morgan fingerprint density at radius 2 is 2.19 bits per heavy atom. The molecule has 1 saturated heterocycles. The summed E-state index contributed by atoms with van der Waals surface area (Å²) < 4.78 is 16.3. The fourth-order valence-corrected chi connectivity index (χ4v) is 3.30. The molecule has 0 radical (unpaired) electrons. The van der Waals surface area contributed by atoms with Crippen molar-refractivity contribution in [1.29, 1.82) is 0 Å².